The van der Waals surface area contributed by atoms with E-state index in [1.165, 1.54) is 68.9 Å². The van der Waals surface area contributed by atoms with E-state index < -0.39 is 0 Å². The van der Waals surface area contributed by atoms with Gasteiger partial charge in [-0.05, 0) is 65.2 Å². The zero-order valence-electron chi connectivity index (χ0n) is 11.1. The smallest absolute Gasteiger partial charge is 0.0892 e. The molecule has 2 rings (SSSR count). The van der Waals surface area contributed by atoms with Crippen LogP contribution in [-0.2, 0) is 0 Å². The summed E-state index contributed by atoms with van der Waals surface area (Å²) in [6, 6.07) is 2.03. The van der Waals surface area contributed by atoms with E-state index in [-0.39, 0.29) is 5.48 Å². The van der Waals surface area contributed by atoms with Crippen molar-refractivity contribution in [3.8, 4) is 0 Å². The van der Waals surface area contributed by atoms with E-state index >= 15 is 0 Å². The van der Waals surface area contributed by atoms with Crippen LogP contribution in [0.3, 0.4) is 0 Å². The fraction of sp³-hybridized carbons (Fsp3) is 1.00. The Labute approximate surface area is 101 Å². The van der Waals surface area contributed by atoms with Gasteiger partial charge in [0.2, 0.25) is 0 Å². The average molecular weight is 227 g/mol. The second-order valence-corrected chi connectivity index (χ2v) is 5.61. The highest BCUT2D eigenvalue weighted by molar-refractivity contribution is 4.76. The molecule has 0 bridgehead atoms. The lowest BCUT2D eigenvalue weighted by Gasteiger charge is -2.47. The molecule has 0 aliphatic heterocycles. The predicted molar refractivity (Wildman–Crippen MR) is 67.8 cm³/mol. The van der Waals surface area contributed by atoms with Crippen LogP contribution in [0.2, 0.25) is 0 Å². The molecule has 1 N–H and O–H groups in total. The molecule has 0 saturated heterocycles. The van der Waals surface area contributed by atoms with Gasteiger partial charge >= 0.3 is 0 Å². The first-order valence-electron chi connectivity index (χ1n) is 7.20. The summed E-state index contributed by atoms with van der Waals surface area (Å²) in [5.74, 6) is 0. The van der Waals surface area contributed by atoms with E-state index in [1.54, 1.807) is 0 Å². The molecule has 2 aliphatic rings. The Bertz CT molecular complexity index is 171. The van der Waals surface area contributed by atoms with Crippen molar-refractivity contribution in [3.63, 3.8) is 0 Å². The molecule has 0 aromatic heterocycles. The fourth-order valence-electron chi connectivity index (χ4n) is 4.39. The molecule has 0 heterocycles. The van der Waals surface area contributed by atoms with Gasteiger partial charge in [0.1, 0.15) is 0 Å². The van der Waals surface area contributed by atoms with Crippen molar-refractivity contribution in [1.82, 2.24) is 0 Å². The van der Waals surface area contributed by atoms with Gasteiger partial charge in [-0.2, -0.15) is 0 Å². The Balaban J connectivity index is 0.00000128. The van der Waals surface area contributed by atoms with Crippen molar-refractivity contribution < 1.29 is 9.96 Å². The van der Waals surface area contributed by atoms with E-state index in [9.17, 15) is 0 Å². The summed E-state index contributed by atoms with van der Waals surface area (Å²) in [6.45, 7) is 7.62. The lowest BCUT2D eigenvalue weighted by Crippen LogP contribution is -2.59. The monoisotopic (exact) mass is 227 g/mol. The normalized spacial score (nSPS) is 23.6. The predicted octanol–water partition coefficient (Wildman–Crippen LogP) is 3.55. The lowest BCUT2D eigenvalue weighted by atomic mass is 10.0. The zero-order chi connectivity index (χ0) is 10.7. The molecule has 0 atom stereocenters. The third-order valence-corrected chi connectivity index (χ3v) is 5.28. The Morgan fingerprint density at radius 2 is 1.06 bits per heavy atom. The van der Waals surface area contributed by atoms with Crippen LogP contribution in [0.1, 0.15) is 65.2 Å². The molecule has 0 unspecified atom stereocenters. The minimum Gasteiger partial charge on any atom is -0.870 e. The van der Waals surface area contributed by atoms with Crippen LogP contribution in [0.15, 0.2) is 0 Å². The zero-order valence-corrected chi connectivity index (χ0v) is 11.1. The highest BCUT2D eigenvalue weighted by Gasteiger charge is 2.43. The third kappa shape index (κ3) is 2.28. The van der Waals surface area contributed by atoms with Gasteiger partial charge in [0, 0.05) is 0 Å². The van der Waals surface area contributed by atoms with Crippen molar-refractivity contribution in [1.29, 1.82) is 0 Å². The van der Waals surface area contributed by atoms with Crippen LogP contribution in [0.4, 0.5) is 0 Å². The maximum atomic E-state index is 2.43. The highest BCUT2D eigenvalue weighted by atomic mass is 16.0. The first-order chi connectivity index (χ1) is 7.33. The van der Waals surface area contributed by atoms with Gasteiger partial charge in [-0.3, -0.25) is 0 Å². The number of nitrogens with zero attached hydrogens (tertiary/aromatic N) is 1. The largest absolute Gasteiger partial charge is 0.870 e. The van der Waals surface area contributed by atoms with Crippen LogP contribution in [-0.4, -0.2) is 35.1 Å². The van der Waals surface area contributed by atoms with Crippen molar-refractivity contribution in [2.24, 2.45) is 0 Å². The molecule has 2 heteroatoms. The standard InChI is InChI=1S/C14H28N.H2O/c1-3-15(4-2,13-9-5-6-10-13)14-11-7-8-12-14;/h13-14H,3-12H2,1-2H3;1H2/q+1;/p-1. The van der Waals surface area contributed by atoms with Gasteiger partial charge in [-0.1, -0.05) is 0 Å². The summed E-state index contributed by atoms with van der Waals surface area (Å²) < 4.78 is 1.47. The van der Waals surface area contributed by atoms with Gasteiger partial charge in [0.25, 0.3) is 0 Å². The number of quaternary nitrogens is 1. The van der Waals surface area contributed by atoms with Crippen LogP contribution in [0, 0.1) is 0 Å². The average Bonchev–Trinajstić information content (AvgIpc) is 2.92. The molecule has 2 saturated carbocycles. The number of rotatable bonds is 4. The number of hydrogen-bond donors (Lipinski definition) is 0. The van der Waals surface area contributed by atoms with E-state index in [1.807, 2.05) is 0 Å². The number of hydrogen-bond acceptors (Lipinski definition) is 1. The Hall–Kier alpha value is -0.0800. The van der Waals surface area contributed by atoms with Crippen LogP contribution in [0.5, 0.6) is 0 Å². The maximum Gasteiger partial charge on any atom is 0.0892 e. The molecule has 96 valence electrons. The third-order valence-electron chi connectivity index (χ3n) is 5.28. The topological polar surface area (TPSA) is 30.0 Å². The summed E-state index contributed by atoms with van der Waals surface area (Å²) in [5.41, 5.74) is 0. The summed E-state index contributed by atoms with van der Waals surface area (Å²) >= 11 is 0. The summed E-state index contributed by atoms with van der Waals surface area (Å²) in [7, 11) is 0. The highest BCUT2D eigenvalue weighted by Crippen LogP contribution is 2.37. The molecule has 2 nitrogen and oxygen atoms in total. The second-order valence-electron chi connectivity index (χ2n) is 5.61. The van der Waals surface area contributed by atoms with E-state index in [0.29, 0.717) is 0 Å². The molecule has 0 spiro atoms. The molecular formula is C14H29NO. The second kappa shape index (κ2) is 6.02. The Kier molecular flexibility index (Phi) is 5.26. The quantitative estimate of drug-likeness (QED) is 0.675. The fourth-order valence-corrected chi connectivity index (χ4v) is 4.39. The molecule has 2 fully saturated rings. The minimum absolute atomic E-state index is 0. The first kappa shape index (κ1) is 14.0. The molecular weight excluding hydrogens is 198 g/mol. The Morgan fingerprint density at radius 3 is 1.31 bits per heavy atom. The summed E-state index contributed by atoms with van der Waals surface area (Å²) in [6.07, 6.45) is 12.0. The molecule has 0 amide bonds. The van der Waals surface area contributed by atoms with Crippen molar-refractivity contribution in [2.45, 2.75) is 77.3 Å². The molecule has 16 heavy (non-hydrogen) atoms. The van der Waals surface area contributed by atoms with Crippen LogP contribution < -0.4 is 0 Å². The molecule has 0 radical (unpaired) electrons. The van der Waals surface area contributed by atoms with Gasteiger partial charge < -0.3 is 9.96 Å². The summed E-state index contributed by atoms with van der Waals surface area (Å²) in [4.78, 5) is 0. The Morgan fingerprint density at radius 1 is 0.750 bits per heavy atom. The molecule has 0 aromatic carbocycles. The van der Waals surface area contributed by atoms with Gasteiger partial charge in [0.05, 0.1) is 25.2 Å². The SMILES string of the molecule is CC[N+](CC)(C1CCCC1)C1CCCC1.[OH-]. The lowest BCUT2D eigenvalue weighted by molar-refractivity contribution is -0.969. The van der Waals surface area contributed by atoms with Crippen LogP contribution >= 0.6 is 0 Å². The van der Waals surface area contributed by atoms with E-state index in [2.05, 4.69) is 13.8 Å². The van der Waals surface area contributed by atoms with Crippen molar-refractivity contribution in [3.05, 3.63) is 0 Å². The maximum absolute atomic E-state index is 2.43. The van der Waals surface area contributed by atoms with Gasteiger partial charge in [-0.15, -0.1) is 0 Å². The molecule has 0 aromatic rings. The molecule has 2 aliphatic carbocycles. The van der Waals surface area contributed by atoms with Gasteiger partial charge in [0.15, 0.2) is 0 Å². The van der Waals surface area contributed by atoms with Crippen LogP contribution in [0.25, 0.3) is 0 Å². The first-order valence-corrected chi connectivity index (χ1v) is 7.20. The van der Waals surface area contributed by atoms with E-state index in [0.717, 1.165) is 12.1 Å². The van der Waals surface area contributed by atoms with Crippen molar-refractivity contribution in [2.75, 3.05) is 13.1 Å². The summed E-state index contributed by atoms with van der Waals surface area (Å²) in [5, 5.41) is 0. The van der Waals surface area contributed by atoms with E-state index in [4.69, 9.17) is 0 Å². The minimum atomic E-state index is 0. The van der Waals surface area contributed by atoms with Gasteiger partial charge in [-0.25, -0.2) is 0 Å². The van der Waals surface area contributed by atoms with Crippen molar-refractivity contribution >= 4 is 0 Å².